The number of furan rings is 2. The molecule has 0 radical (unpaired) electrons. The van der Waals surface area contributed by atoms with Crippen LogP contribution in [-0.4, -0.2) is 15.9 Å². The van der Waals surface area contributed by atoms with Gasteiger partial charge in [0.15, 0.2) is 0 Å². The zero-order chi connectivity index (χ0) is 18.9. The Morgan fingerprint density at radius 1 is 1.22 bits per heavy atom. The molecule has 4 aromatic rings. The molecule has 0 unspecified atom stereocenters. The number of halogens is 2. The number of aryl methyl sites for hydroxylation is 1. The Morgan fingerprint density at radius 3 is 2.63 bits per heavy atom. The average molecular weight is 382 g/mol. The van der Waals surface area contributed by atoms with Gasteiger partial charge in [0.25, 0.3) is 5.91 Å². The molecule has 0 saturated carbocycles. The maximum atomic E-state index is 13.1. The summed E-state index contributed by atoms with van der Waals surface area (Å²) >= 11 is 6.15. The fraction of sp³-hybridized carbons (Fsp3) is 0.150. The Balaban J connectivity index is 1.61. The van der Waals surface area contributed by atoms with Crippen molar-refractivity contribution >= 4 is 34.4 Å². The molecule has 7 heteroatoms. The molecule has 5 nitrogen and oxygen atoms in total. The van der Waals surface area contributed by atoms with Crippen LogP contribution in [-0.2, 0) is 0 Å². The largest absolute Gasteiger partial charge is 0.455 e. The number of benzene rings is 2. The first kappa shape index (κ1) is 16.2. The lowest BCUT2D eigenvalue weighted by molar-refractivity contribution is 0.102. The fourth-order valence-electron chi connectivity index (χ4n) is 3.58. The van der Waals surface area contributed by atoms with Gasteiger partial charge in [-0.3, -0.25) is 4.79 Å². The van der Waals surface area contributed by atoms with E-state index in [4.69, 9.17) is 16.0 Å². The Kier molecular flexibility index (Phi) is 3.30. The highest BCUT2D eigenvalue weighted by atomic mass is 35.5. The molecule has 134 valence electrons. The zero-order valence-corrected chi connectivity index (χ0v) is 15.2. The number of carbonyl (C=O) groups excluding carboxylic acids is 1. The maximum absolute atomic E-state index is 13.1. The summed E-state index contributed by atoms with van der Waals surface area (Å²) in [5.74, 6) is -0.0517. The van der Waals surface area contributed by atoms with Crippen molar-refractivity contribution in [1.82, 2.24) is 9.97 Å². The van der Waals surface area contributed by atoms with Crippen molar-refractivity contribution in [2.45, 2.75) is 19.8 Å². The van der Waals surface area contributed by atoms with Gasteiger partial charge in [-0.05, 0) is 24.6 Å². The number of hydrogen-bond acceptors (Lipinski definition) is 4. The van der Waals surface area contributed by atoms with Crippen molar-refractivity contribution in [3.8, 4) is 11.1 Å². The molecule has 0 fully saturated rings. The number of nitrogens with one attached hydrogen (secondary N) is 1. The number of hydrogen-bond donors (Lipinski definition) is 1. The molecule has 0 saturated heterocycles. The third-order valence-corrected chi connectivity index (χ3v) is 5.44. The van der Waals surface area contributed by atoms with E-state index in [2.05, 4.69) is 22.2 Å². The van der Waals surface area contributed by atoms with Gasteiger partial charge in [-0.2, -0.15) is 4.39 Å². The van der Waals surface area contributed by atoms with Crippen LogP contribution in [0.2, 0.25) is 5.02 Å². The molecule has 1 aliphatic rings. The van der Waals surface area contributed by atoms with E-state index in [1.807, 2.05) is 13.0 Å². The molecule has 2 bridgehead atoms. The number of amides is 1. The lowest BCUT2D eigenvalue weighted by Crippen LogP contribution is -2.13. The van der Waals surface area contributed by atoms with Crippen molar-refractivity contribution in [2.24, 2.45) is 0 Å². The predicted octanol–water partition coefficient (Wildman–Crippen LogP) is 5.15. The van der Waals surface area contributed by atoms with Crippen molar-refractivity contribution in [2.75, 3.05) is 5.32 Å². The van der Waals surface area contributed by atoms with Crippen LogP contribution in [0, 0.1) is 13.0 Å². The van der Waals surface area contributed by atoms with Gasteiger partial charge in [0, 0.05) is 51.3 Å². The molecule has 0 spiro atoms. The van der Waals surface area contributed by atoms with Gasteiger partial charge in [0.05, 0.1) is 5.56 Å². The van der Waals surface area contributed by atoms with Crippen LogP contribution in [0.25, 0.3) is 22.3 Å². The van der Waals surface area contributed by atoms with E-state index in [1.165, 1.54) is 12.4 Å². The lowest BCUT2D eigenvalue weighted by atomic mass is 10.0. The number of rotatable bonds is 3. The second-order valence-corrected chi connectivity index (χ2v) is 7.13. The van der Waals surface area contributed by atoms with Crippen molar-refractivity contribution in [3.63, 3.8) is 0 Å². The molecular formula is C20H13ClFN3O2. The SMILES string of the molecule is Cc1ccc(NC(=O)c2c(-c3cnc(F)nc3)c3oc2c2c3[C@H]2C)cc1Cl. The van der Waals surface area contributed by atoms with Crippen molar-refractivity contribution in [1.29, 1.82) is 0 Å². The summed E-state index contributed by atoms with van der Waals surface area (Å²) in [6.45, 7) is 3.95. The number of aromatic nitrogens is 2. The molecule has 3 heterocycles. The maximum Gasteiger partial charge on any atom is 0.308 e. The van der Waals surface area contributed by atoms with E-state index in [-0.39, 0.29) is 11.8 Å². The first-order valence-corrected chi connectivity index (χ1v) is 8.80. The predicted molar refractivity (Wildman–Crippen MR) is 100 cm³/mol. The third-order valence-electron chi connectivity index (χ3n) is 5.04. The van der Waals surface area contributed by atoms with Crippen molar-refractivity contribution in [3.05, 3.63) is 63.9 Å². The highest BCUT2D eigenvalue weighted by Gasteiger charge is 2.44. The van der Waals surface area contributed by atoms with Crippen LogP contribution in [0.4, 0.5) is 10.1 Å². The normalized spacial score (nSPS) is 15.2. The van der Waals surface area contributed by atoms with Gasteiger partial charge in [-0.15, -0.1) is 0 Å². The van der Waals surface area contributed by atoms with Crippen LogP contribution < -0.4 is 5.32 Å². The van der Waals surface area contributed by atoms with Gasteiger partial charge in [-0.1, -0.05) is 24.6 Å². The number of fused-ring (bicyclic) bond motifs is 5. The first-order valence-electron chi connectivity index (χ1n) is 8.42. The number of carbonyl (C=O) groups is 1. The van der Waals surface area contributed by atoms with Gasteiger partial charge in [-0.25, -0.2) is 9.97 Å². The summed E-state index contributed by atoms with van der Waals surface area (Å²) in [5.41, 5.74) is 6.44. The summed E-state index contributed by atoms with van der Waals surface area (Å²) in [6.07, 6.45) is 1.90. The Hall–Kier alpha value is -2.99. The lowest BCUT2D eigenvalue weighted by Gasteiger charge is -2.08. The molecule has 1 atom stereocenters. The molecule has 1 aliphatic carbocycles. The average Bonchev–Trinajstić information content (AvgIpc) is 3.01. The summed E-state index contributed by atoms with van der Waals surface area (Å²) in [5, 5.41) is 3.44. The Morgan fingerprint density at radius 2 is 1.93 bits per heavy atom. The second-order valence-electron chi connectivity index (χ2n) is 6.72. The minimum Gasteiger partial charge on any atom is -0.455 e. The van der Waals surface area contributed by atoms with E-state index in [0.29, 0.717) is 38.6 Å². The molecule has 1 aromatic carbocycles. The molecule has 0 aliphatic heterocycles. The highest BCUT2D eigenvalue weighted by molar-refractivity contribution is 6.31. The van der Waals surface area contributed by atoms with Crippen LogP contribution in [0.5, 0.6) is 0 Å². The smallest absolute Gasteiger partial charge is 0.308 e. The van der Waals surface area contributed by atoms with Crippen LogP contribution in [0.3, 0.4) is 0 Å². The second kappa shape index (κ2) is 5.50. The minimum atomic E-state index is -0.818. The number of anilines is 1. The monoisotopic (exact) mass is 381 g/mol. The Bertz CT molecular complexity index is 1220. The summed E-state index contributed by atoms with van der Waals surface area (Å²) in [7, 11) is 0. The molecule has 27 heavy (non-hydrogen) atoms. The van der Waals surface area contributed by atoms with Crippen molar-refractivity contribution < 1.29 is 13.6 Å². The highest BCUT2D eigenvalue weighted by Crippen LogP contribution is 2.57. The fourth-order valence-corrected chi connectivity index (χ4v) is 3.76. The van der Waals surface area contributed by atoms with Crippen LogP contribution in [0.15, 0.2) is 35.0 Å². The van der Waals surface area contributed by atoms with Crippen LogP contribution >= 0.6 is 11.6 Å². The minimum absolute atomic E-state index is 0.263. The molecule has 1 N–H and O–H groups in total. The van der Waals surface area contributed by atoms with Crippen LogP contribution in [0.1, 0.15) is 39.9 Å². The topological polar surface area (TPSA) is 68.0 Å². The molecule has 3 aromatic heterocycles. The standard InChI is InChI=1S/C20H13ClFN3O2/c1-8-3-4-11(5-12(8)21)25-19(26)16-15(10-6-23-20(22)24-7-10)17-13-9(2)14(13)18(16)27-17/h3-7,9H,1-2H3,(H,25,26)/t9-/m1/s1. The van der Waals surface area contributed by atoms with Gasteiger partial charge in [0.2, 0.25) is 0 Å². The van der Waals surface area contributed by atoms with E-state index >= 15 is 0 Å². The Labute approximate surface area is 158 Å². The van der Waals surface area contributed by atoms with E-state index in [1.54, 1.807) is 12.1 Å². The van der Waals surface area contributed by atoms with E-state index in [9.17, 15) is 9.18 Å². The third kappa shape index (κ3) is 2.33. The first-order chi connectivity index (χ1) is 13.0. The summed E-state index contributed by atoms with van der Waals surface area (Å²) < 4.78 is 19.0. The quantitative estimate of drug-likeness (QED) is 0.498. The summed E-state index contributed by atoms with van der Waals surface area (Å²) in [4.78, 5) is 20.3. The van der Waals surface area contributed by atoms with Gasteiger partial charge in [0.1, 0.15) is 11.2 Å². The summed E-state index contributed by atoms with van der Waals surface area (Å²) in [6, 6.07) is 5.33. The number of nitrogens with zero attached hydrogens (tertiary/aromatic N) is 2. The molecular weight excluding hydrogens is 369 g/mol. The van der Waals surface area contributed by atoms with E-state index < -0.39 is 6.08 Å². The van der Waals surface area contributed by atoms with E-state index in [0.717, 1.165) is 16.7 Å². The molecule has 5 rings (SSSR count). The molecule has 1 amide bonds. The van der Waals surface area contributed by atoms with Gasteiger partial charge >= 0.3 is 6.08 Å². The van der Waals surface area contributed by atoms with Gasteiger partial charge < -0.3 is 9.73 Å². The zero-order valence-electron chi connectivity index (χ0n) is 14.4.